The molecule has 1 aromatic heterocycles. The molecule has 1 aliphatic carbocycles. The Hall–Kier alpha value is -2.79. The number of para-hydroxylation sites is 1. The Bertz CT molecular complexity index is 1130. The number of fused-ring (bicyclic) bond motifs is 2. The number of rotatable bonds is 6. The molecule has 2 N–H and O–H groups in total. The zero-order chi connectivity index (χ0) is 21.5. The summed E-state index contributed by atoms with van der Waals surface area (Å²) in [6.07, 6.45) is 7.09. The third-order valence-electron chi connectivity index (χ3n) is 7.70. The first-order chi connectivity index (χ1) is 15.7. The minimum Gasteiger partial charge on any atom is -0.372 e. The fraction of sp³-hybridized carbons (Fsp3) is 0.444. The molecule has 1 atom stereocenters. The average Bonchev–Trinajstić information content (AvgIpc) is 3.51. The number of nitrogens with zero attached hydrogens (tertiary/aromatic N) is 2. The molecule has 0 spiro atoms. The van der Waals surface area contributed by atoms with Crippen molar-refractivity contribution in [2.75, 3.05) is 42.9 Å². The van der Waals surface area contributed by atoms with Crippen molar-refractivity contribution in [3.05, 3.63) is 60.3 Å². The van der Waals surface area contributed by atoms with Crippen LogP contribution in [0.5, 0.6) is 0 Å². The monoisotopic (exact) mass is 428 g/mol. The normalized spacial score (nSPS) is 23.7. The molecule has 1 saturated heterocycles. The van der Waals surface area contributed by atoms with Gasteiger partial charge in [-0.25, -0.2) is 0 Å². The average molecular weight is 429 g/mol. The van der Waals surface area contributed by atoms with Crippen LogP contribution in [0, 0.1) is 5.92 Å². The SMILES string of the molecule is O=C(CC1CC1)C1(CN2CCN(c3cccc4[nH]ccc34)CC2)CCc2ccccc2N1. The summed E-state index contributed by atoms with van der Waals surface area (Å²) in [5.41, 5.74) is 4.56. The largest absolute Gasteiger partial charge is 0.372 e. The summed E-state index contributed by atoms with van der Waals surface area (Å²) < 4.78 is 0. The Labute approximate surface area is 189 Å². The Morgan fingerprint density at radius 2 is 1.84 bits per heavy atom. The van der Waals surface area contributed by atoms with Crippen LogP contribution in [-0.4, -0.2) is 53.9 Å². The Kier molecular flexibility index (Phi) is 4.94. The quantitative estimate of drug-likeness (QED) is 0.609. The molecule has 3 aliphatic rings. The van der Waals surface area contributed by atoms with Crippen molar-refractivity contribution in [3.8, 4) is 0 Å². The number of H-pyrrole nitrogens is 1. The van der Waals surface area contributed by atoms with Crippen molar-refractivity contribution in [1.29, 1.82) is 0 Å². The molecule has 2 aromatic carbocycles. The van der Waals surface area contributed by atoms with E-state index in [9.17, 15) is 4.79 Å². The van der Waals surface area contributed by atoms with Gasteiger partial charge >= 0.3 is 0 Å². The fourth-order valence-electron chi connectivity index (χ4n) is 5.60. The zero-order valence-corrected chi connectivity index (χ0v) is 18.6. The van der Waals surface area contributed by atoms with Gasteiger partial charge in [0.05, 0.1) is 0 Å². The molecule has 5 nitrogen and oxygen atoms in total. The molecule has 1 saturated carbocycles. The molecular weight excluding hydrogens is 396 g/mol. The number of carbonyl (C=O) groups is 1. The summed E-state index contributed by atoms with van der Waals surface area (Å²) in [7, 11) is 0. The first kappa shape index (κ1) is 19.9. The molecule has 6 rings (SSSR count). The smallest absolute Gasteiger partial charge is 0.159 e. The maximum absolute atomic E-state index is 13.6. The molecule has 1 unspecified atom stereocenters. The van der Waals surface area contributed by atoms with Crippen molar-refractivity contribution < 1.29 is 4.79 Å². The van der Waals surface area contributed by atoms with Crippen molar-refractivity contribution in [3.63, 3.8) is 0 Å². The van der Waals surface area contributed by atoms with E-state index in [1.165, 1.54) is 35.0 Å². The molecular formula is C27H32N4O. The molecule has 0 radical (unpaired) electrons. The van der Waals surface area contributed by atoms with Crippen LogP contribution in [-0.2, 0) is 11.2 Å². The maximum Gasteiger partial charge on any atom is 0.159 e. The molecule has 0 amide bonds. The van der Waals surface area contributed by atoms with Gasteiger partial charge in [-0.1, -0.05) is 24.3 Å². The predicted octanol–water partition coefficient (Wildman–Crippen LogP) is 4.46. The van der Waals surface area contributed by atoms with E-state index in [0.717, 1.165) is 57.7 Å². The van der Waals surface area contributed by atoms with Gasteiger partial charge in [0.1, 0.15) is 5.54 Å². The Balaban J connectivity index is 1.18. The summed E-state index contributed by atoms with van der Waals surface area (Å²) in [6, 6.07) is 17.2. The molecule has 5 heteroatoms. The van der Waals surface area contributed by atoms with Gasteiger partial charge in [-0.15, -0.1) is 0 Å². The number of aromatic nitrogens is 1. The summed E-state index contributed by atoms with van der Waals surface area (Å²) in [5, 5.41) is 5.04. The number of benzene rings is 2. The van der Waals surface area contributed by atoms with Gasteiger partial charge in [-0.2, -0.15) is 0 Å². The van der Waals surface area contributed by atoms with E-state index < -0.39 is 5.54 Å². The number of nitrogens with one attached hydrogen (secondary N) is 2. The Morgan fingerprint density at radius 3 is 2.69 bits per heavy atom. The maximum atomic E-state index is 13.6. The highest BCUT2D eigenvalue weighted by Crippen LogP contribution is 2.38. The molecule has 3 aromatic rings. The van der Waals surface area contributed by atoms with Crippen molar-refractivity contribution >= 4 is 28.1 Å². The highest BCUT2D eigenvalue weighted by Gasteiger charge is 2.44. The fourth-order valence-corrected chi connectivity index (χ4v) is 5.60. The van der Waals surface area contributed by atoms with E-state index in [1.54, 1.807) is 0 Å². The van der Waals surface area contributed by atoms with E-state index in [0.29, 0.717) is 11.7 Å². The minimum absolute atomic E-state index is 0.425. The number of piperazine rings is 1. The number of anilines is 2. The molecule has 2 fully saturated rings. The topological polar surface area (TPSA) is 51.4 Å². The lowest BCUT2D eigenvalue weighted by molar-refractivity contribution is -0.124. The summed E-state index contributed by atoms with van der Waals surface area (Å²) in [4.78, 5) is 21.9. The zero-order valence-electron chi connectivity index (χ0n) is 18.6. The number of carbonyl (C=O) groups excluding carboxylic acids is 1. The number of hydrogen-bond donors (Lipinski definition) is 2. The number of aromatic amines is 1. The predicted molar refractivity (Wildman–Crippen MR) is 130 cm³/mol. The summed E-state index contributed by atoms with van der Waals surface area (Å²) >= 11 is 0. The number of hydrogen-bond acceptors (Lipinski definition) is 4. The lowest BCUT2D eigenvalue weighted by Crippen LogP contribution is -2.59. The van der Waals surface area contributed by atoms with E-state index in [1.807, 2.05) is 6.20 Å². The van der Waals surface area contributed by atoms with Gasteiger partial charge < -0.3 is 15.2 Å². The van der Waals surface area contributed by atoms with Gasteiger partial charge in [0, 0.05) is 67.6 Å². The van der Waals surface area contributed by atoms with E-state index in [-0.39, 0.29) is 0 Å². The third kappa shape index (κ3) is 3.69. The lowest BCUT2D eigenvalue weighted by atomic mass is 9.80. The molecule has 2 aliphatic heterocycles. The van der Waals surface area contributed by atoms with E-state index in [2.05, 4.69) is 68.6 Å². The van der Waals surface area contributed by atoms with Crippen LogP contribution in [0.25, 0.3) is 10.9 Å². The van der Waals surface area contributed by atoms with Gasteiger partial charge in [0.25, 0.3) is 0 Å². The van der Waals surface area contributed by atoms with Crippen LogP contribution in [0.3, 0.4) is 0 Å². The summed E-state index contributed by atoms with van der Waals surface area (Å²) in [6.45, 7) is 4.78. The number of Topliss-reactive ketones (excluding diaryl/α,β-unsaturated/α-hetero) is 1. The van der Waals surface area contributed by atoms with Crippen LogP contribution in [0.2, 0.25) is 0 Å². The molecule has 0 bridgehead atoms. The highest BCUT2D eigenvalue weighted by molar-refractivity contribution is 5.93. The second-order valence-corrected chi connectivity index (χ2v) is 9.91. The van der Waals surface area contributed by atoms with Gasteiger partial charge in [0.15, 0.2) is 5.78 Å². The second kappa shape index (κ2) is 7.96. The Morgan fingerprint density at radius 1 is 1.00 bits per heavy atom. The van der Waals surface area contributed by atoms with Crippen LogP contribution >= 0.6 is 0 Å². The van der Waals surface area contributed by atoms with E-state index >= 15 is 0 Å². The van der Waals surface area contributed by atoms with Crippen molar-refractivity contribution in [2.45, 2.75) is 37.6 Å². The second-order valence-electron chi connectivity index (χ2n) is 9.91. The van der Waals surface area contributed by atoms with E-state index in [4.69, 9.17) is 0 Å². The highest BCUT2D eigenvalue weighted by atomic mass is 16.1. The first-order valence-electron chi connectivity index (χ1n) is 12.1. The molecule has 3 heterocycles. The standard InChI is InChI=1S/C27H32N4O/c32-26(18-20-8-9-20)27(12-10-21-4-1-2-5-23(21)29-27)19-30-14-16-31(17-15-30)25-7-3-6-24-22(25)11-13-28-24/h1-7,11,13,20,28-29H,8-10,12,14-19H2. The van der Waals surface area contributed by atoms with Crippen LogP contribution in [0.4, 0.5) is 11.4 Å². The van der Waals surface area contributed by atoms with Gasteiger partial charge in [-0.05, 0) is 61.4 Å². The molecule has 166 valence electrons. The number of ketones is 1. The van der Waals surface area contributed by atoms with Crippen LogP contribution in [0.1, 0.15) is 31.2 Å². The van der Waals surface area contributed by atoms with Crippen LogP contribution < -0.4 is 10.2 Å². The summed E-state index contributed by atoms with van der Waals surface area (Å²) in [5.74, 6) is 1.05. The van der Waals surface area contributed by atoms with Crippen LogP contribution in [0.15, 0.2) is 54.7 Å². The number of aryl methyl sites for hydroxylation is 1. The third-order valence-corrected chi connectivity index (χ3v) is 7.70. The lowest BCUT2D eigenvalue weighted by Gasteiger charge is -2.44. The molecule has 32 heavy (non-hydrogen) atoms. The van der Waals surface area contributed by atoms with Gasteiger partial charge in [0.2, 0.25) is 0 Å². The van der Waals surface area contributed by atoms with Gasteiger partial charge in [-0.3, -0.25) is 9.69 Å². The first-order valence-corrected chi connectivity index (χ1v) is 12.1. The van der Waals surface area contributed by atoms with Crippen molar-refractivity contribution in [2.24, 2.45) is 5.92 Å². The minimum atomic E-state index is -0.445. The van der Waals surface area contributed by atoms with Crippen molar-refractivity contribution in [1.82, 2.24) is 9.88 Å².